The molecule has 1 amide bonds. The van der Waals surface area contributed by atoms with Crippen LogP contribution < -0.4 is 16.0 Å². The maximum Gasteiger partial charge on any atom is 0.220 e. The molecule has 0 heterocycles. The number of hydrogen-bond acceptors (Lipinski definition) is 2. The Morgan fingerprint density at radius 1 is 1.19 bits per heavy atom. The summed E-state index contributed by atoms with van der Waals surface area (Å²) in [6.45, 7) is 5.64. The fourth-order valence-corrected chi connectivity index (χ4v) is 3.04. The van der Waals surface area contributed by atoms with Gasteiger partial charge in [-0.25, -0.2) is 0 Å². The van der Waals surface area contributed by atoms with Crippen LogP contribution in [0.15, 0.2) is 47.5 Å². The molecule has 3 N–H and O–H groups in total. The van der Waals surface area contributed by atoms with Gasteiger partial charge in [-0.05, 0) is 55.5 Å². The molecule has 0 spiro atoms. The standard InChI is InChI=1S/C22H30N4O/c1-3-23-22(24-14-6-9-21(27)26-20-12-13-20)25-16(2)18-11-10-17-7-4-5-8-19(17)15-18/h4-5,7-8,10-11,15-16,20H,3,6,9,12-14H2,1-2H3,(H,26,27)(H2,23,24,25). The number of rotatable bonds is 8. The molecule has 5 nitrogen and oxygen atoms in total. The fourth-order valence-electron chi connectivity index (χ4n) is 3.04. The quantitative estimate of drug-likeness (QED) is 0.380. The summed E-state index contributed by atoms with van der Waals surface area (Å²) in [4.78, 5) is 16.4. The lowest BCUT2D eigenvalue weighted by Crippen LogP contribution is -2.38. The second kappa shape index (κ2) is 9.40. The van der Waals surface area contributed by atoms with Crippen LogP contribution in [-0.2, 0) is 4.79 Å². The Labute approximate surface area is 161 Å². The largest absolute Gasteiger partial charge is 0.357 e. The van der Waals surface area contributed by atoms with E-state index in [1.165, 1.54) is 16.3 Å². The second-order valence-electron chi connectivity index (χ2n) is 7.18. The fraction of sp³-hybridized carbons (Fsp3) is 0.455. The molecule has 0 saturated heterocycles. The minimum atomic E-state index is 0.144. The Kier molecular flexibility index (Phi) is 6.69. The molecular weight excluding hydrogens is 336 g/mol. The molecule has 0 bridgehead atoms. The van der Waals surface area contributed by atoms with Gasteiger partial charge in [0.2, 0.25) is 5.91 Å². The topological polar surface area (TPSA) is 65.5 Å². The molecule has 0 aromatic heterocycles. The van der Waals surface area contributed by atoms with Gasteiger partial charge in [-0.2, -0.15) is 0 Å². The van der Waals surface area contributed by atoms with E-state index in [1.54, 1.807) is 0 Å². The molecule has 5 heteroatoms. The molecule has 1 aliphatic rings. The molecule has 144 valence electrons. The van der Waals surface area contributed by atoms with Gasteiger partial charge in [0.25, 0.3) is 0 Å². The third-order valence-corrected chi connectivity index (χ3v) is 4.75. The van der Waals surface area contributed by atoms with E-state index in [1.807, 2.05) is 0 Å². The van der Waals surface area contributed by atoms with Crippen molar-refractivity contribution in [3.8, 4) is 0 Å². The van der Waals surface area contributed by atoms with E-state index in [2.05, 4.69) is 77.3 Å². The predicted molar refractivity (Wildman–Crippen MR) is 112 cm³/mol. The van der Waals surface area contributed by atoms with Crippen molar-refractivity contribution in [1.82, 2.24) is 16.0 Å². The number of hydrogen-bond donors (Lipinski definition) is 3. The molecule has 1 aliphatic carbocycles. The Bertz CT molecular complexity index is 798. The van der Waals surface area contributed by atoms with Crippen LogP contribution >= 0.6 is 0 Å². The lowest BCUT2D eigenvalue weighted by Gasteiger charge is -2.18. The minimum Gasteiger partial charge on any atom is -0.357 e. The van der Waals surface area contributed by atoms with E-state index in [9.17, 15) is 4.79 Å². The van der Waals surface area contributed by atoms with Crippen molar-refractivity contribution in [3.05, 3.63) is 48.0 Å². The highest BCUT2D eigenvalue weighted by atomic mass is 16.1. The lowest BCUT2D eigenvalue weighted by molar-refractivity contribution is -0.121. The summed E-state index contributed by atoms with van der Waals surface area (Å²) in [5.41, 5.74) is 1.23. The van der Waals surface area contributed by atoms with Crippen molar-refractivity contribution in [1.29, 1.82) is 0 Å². The van der Waals surface area contributed by atoms with Gasteiger partial charge in [0.05, 0.1) is 6.04 Å². The van der Waals surface area contributed by atoms with Gasteiger partial charge in [0.15, 0.2) is 5.96 Å². The average molecular weight is 367 g/mol. The first-order valence-electron chi connectivity index (χ1n) is 9.98. The highest BCUT2D eigenvalue weighted by molar-refractivity contribution is 5.84. The zero-order chi connectivity index (χ0) is 19.1. The summed E-state index contributed by atoms with van der Waals surface area (Å²) < 4.78 is 0. The minimum absolute atomic E-state index is 0.144. The van der Waals surface area contributed by atoms with Crippen LogP contribution in [0.25, 0.3) is 10.8 Å². The maximum atomic E-state index is 11.7. The Morgan fingerprint density at radius 2 is 1.96 bits per heavy atom. The second-order valence-corrected chi connectivity index (χ2v) is 7.18. The van der Waals surface area contributed by atoms with Crippen molar-refractivity contribution in [2.45, 2.75) is 51.6 Å². The molecular formula is C22H30N4O. The van der Waals surface area contributed by atoms with Gasteiger partial charge in [-0.1, -0.05) is 36.4 Å². The highest BCUT2D eigenvalue weighted by Crippen LogP contribution is 2.20. The number of aliphatic imine (C=N–C) groups is 1. The first kappa shape index (κ1) is 19.2. The first-order chi connectivity index (χ1) is 13.2. The van der Waals surface area contributed by atoms with Crippen molar-refractivity contribution >= 4 is 22.6 Å². The molecule has 2 aromatic carbocycles. The zero-order valence-corrected chi connectivity index (χ0v) is 16.3. The van der Waals surface area contributed by atoms with Gasteiger partial charge in [0.1, 0.15) is 0 Å². The number of benzene rings is 2. The number of amides is 1. The molecule has 1 unspecified atom stereocenters. The summed E-state index contributed by atoms with van der Waals surface area (Å²) >= 11 is 0. The Balaban J connectivity index is 1.54. The Hall–Kier alpha value is -2.56. The molecule has 1 saturated carbocycles. The van der Waals surface area contributed by atoms with Gasteiger partial charge < -0.3 is 16.0 Å². The van der Waals surface area contributed by atoms with E-state index in [0.717, 1.165) is 31.8 Å². The van der Waals surface area contributed by atoms with Gasteiger partial charge in [0, 0.05) is 25.6 Å². The molecule has 0 aliphatic heterocycles. The van der Waals surface area contributed by atoms with Crippen molar-refractivity contribution in [2.24, 2.45) is 4.99 Å². The van der Waals surface area contributed by atoms with Crippen LogP contribution in [0.5, 0.6) is 0 Å². The first-order valence-corrected chi connectivity index (χ1v) is 9.98. The van der Waals surface area contributed by atoms with E-state index in [-0.39, 0.29) is 11.9 Å². The number of nitrogens with zero attached hydrogens (tertiary/aromatic N) is 1. The van der Waals surface area contributed by atoms with Crippen molar-refractivity contribution in [3.63, 3.8) is 0 Å². The third-order valence-electron chi connectivity index (χ3n) is 4.75. The highest BCUT2D eigenvalue weighted by Gasteiger charge is 2.22. The van der Waals surface area contributed by atoms with Crippen LogP contribution in [0.4, 0.5) is 0 Å². The predicted octanol–water partition coefficient (Wildman–Crippen LogP) is 3.51. The van der Waals surface area contributed by atoms with Crippen molar-refractivity contribution in [2.75, 3.05) is 13.1 Å². The zero-order valence-electron chi connectivity index (χ0n) is 16.3. The summed E-state index contributed by atoms with van der Waals surface area (Å²) in [6, 6.07) is 15.5. The summed E-state index contributed by atoms with van der Waals surface area (Å²) in [5, 5.41) is 12.3. The third kappa shape index (κ3) is 5.98. The summed E-state index contributed by atoms with van der Waals surface area (Å²) in [5.74, 6) is 0.941. The van der Waals surface area contributed by atoms with Gasteiger partial charge in [-0.15, -0.1) is 0 Å². The van der Waals surface area contributed by atoms with Crippen LogP contribution in [0.1, 0.15) is 51.1 Å². The number of carbonyl (C=O) groups excluding carboxylic acids is 1. The Morgan fingerprint density at radius 3 is 2.70 bits per heavy atom. The van der Waals surface area contributed by atoms with E-state index < -0.39 is 0 Å². The van der Waals surface area contributed by atoms with Crippen LogP contribution in [0.2, 0.25) is 0 Å². The number of nitrogens with one attached hydrogen (secondary N) is 3. The lowest BCUT2D eigenvalue weighted by atomic mass is 10.0. The molecule has 0 radical (unpaired) electrons. The van der Waals surface area contributed by atoms with Gasteiger partial charge >= 0.3 is 0 Å². The van der Waals surface area contributed by atoms with Crippen LogP contribution in [0.3, 0.4) is 0 Å². The summed E-state index contributed by atoms with van der Waals surface area (Å²) in [6.07, 6.45) is 3.56. The normalized spacial score (nSPS) is 15.4. The molecule has 2 aromatic rings. The number of fused-ring (bicyclic) bond motifs is 1. The maximum absolute atomic E-state index is 11.7. The van der Waals surface area contributed by atoms with Crippen LogP contribution in [-0.4, -0.2) is 31.0 Å². The van der Waals surface area contributed by atoms with Gasteiger partial charge in [-0.3, -0.25) is 9.79 Å². The SMILES string of the molecule is CCNC(=NCCCC(=O)NC1CC1)NC(C)c1ccc2ccccc2c1. The average Bonchev–Trinajstić information content (AvgIpc) is 3.48. The number of carbonyl (C=O) groups is 1. The number of guanidine groups is 1. The molecule has 1 fully saturated rings. The molecule has 1 atom stereocenters. The monoisotopic (exact) mass is 366 g/mol. The smallest absolute Gasteiger partial charge is 0.220 e. The van der Waals surface area contributed by atoms with E-state index in [4.69, 9.17) is 0 Å². The van der Waals surface area contributed by atoms with E-state index >= 15 is 0 Å². The van der Waals surface area contributed by atoms with Crippen LogP contribution in [0, 0.1) is 0 Å². The van der Waals surface area contributed by atoms with Crippen molar-refractivity contribution < 1.29 is 4.79 Å². The summed E-state index contributed by atoms with van der Waals surface area (Å²) in [7, 11) is 0. The van der Waals surface area contributed by atoms with E-state index in [0.29, 0.717) is 19.0 Å². The molecule has 27 heavy (non-hydrogen) atoms. The molecule has 3 rings (SSSR count).